The van der Waals surface area contributed by atoms with Crippen molar-refractivity contribution in [2.24, 2.45) is 0 Å². The number of hydrogen-bond donors (Lipinski definition) is 0. The van der Waals surface area contributed by atoms with Crippen molar-refractivity contribution in [3.05, 3.63) is 157 Å². The second-order valence-corrected chi connectivity index (χ2v) is 12.4. The number of furan rings is 1. The summed E-state index contributed by atoms with van der Waals surface area (Å²) in [7, 11) is 0. The van der Waals surface area contributed by atoms with Gasteiger partial charge in [-0.3, -0.25) is 0 Å². The molecule has 0 unspecified atom stereocenters. The number of rotatable bonds is 3. The largest absolute Gasteiger partial charge is 0.456 e. The van der Waals surface area contributed by atoms with Gasteiger partial charge in [0.25, 0.3) is 0 Å². The Morgan fingerprint density at radius 2 is 0.857 bits per heavy atom. The molecule has 3 heterocycles. The lowest BCUT2D eigenvalue weighted by Crippen LogP contribution is -1.99. The van der Waals surface area contributed by atoms with Gasteiger partial charge < -0.3 is 13.6 Å². The summed E-state index contributed by atoms with van der Waals surface area (Å²) in [4.78, 5) is 0. The van der Waals surface area contributed by atoms with Crippen molar-refractivity contribution in [3.63, 3.8) is 0 Å². The first kappa shape index (κ1) is 27.1. The van der Waals surface area contributed by atoms with Gasteiger partial charge in [-0.1, -0.05) is 84.9 Å². The second kappa shape index (κ2) is 10.2. The van der Waals surface area contributed by atoms with Crippen LogP contribution in [0.15, 0.2) is 150 Å². The number of hydrogen-bond acceptors (Lipinski definition) is 3. The molecular weight excluding hydrogens is 601 g/mol. The Labute approximate surface area is 280 Å². The van der Waals surface area contributed by atoms with Gasteiger partial charge in [-0.25, -0.2) is 0 Å². The maximum atomic E-state index is 10.5. The molecule has 0 aliphatic rings. The molecule has 49 heavy (non-hydrogen) atoms. The van der Waals surface area contributed by atoms with Gasteiger partial charge in [-0.2, -0.15) is 10.5 Å². The molecule has 0 aliphatic heterocycles. The van der Waals surface area contributed by atoms with Crippen LogP contribution in [-0.4, -0.2) is 9.13 Å². The van der Waals surface area contributed by atoms with E-state index in [4.69, 9.17) is 4.42 Å². The highest BCUT2D eigenvalue weighted by Gasteiger charge is 2.19. The molecule has 0 spiro atoms. The molecule has 7 aromatic carbocycles. The van der Waals surface area contributed by atoms with E-state index >= 15 is 0 Å². The van der Waals surface area contributed by atoms with Gasteiger partial charge in [0.15, 0.2) is 0 Å². The molecule has 0 amide bonds. The first-order chi connectivity index (χ1) is 24.2. The molecule has 0 saturated carbocycles. The highest BCUT2D eigenvalue weighted by Crippen LogP contribution is 2.40. The smallest absolute Gasteiger partial charge is 0.137 e. The Bertz CT molecular complexity index is 3030. The summed E-state index contributed by atoms with van der Waals surface area (Å²) in [5, 5.41) is 27.6. The molecule has 5 nitrogen and oxygen atoms in total. The quantitative estimate of drug-likeness (QED) is 0.196. The van der Waals surface area contributed by atoms with Crippen molar-refractivity contribution in [3.8, 4) is 34.6 Å². The van der Waals surface area contributed by atoms with Gasteiger partial charge in [0.2, 0.25) is 0 Å². The number of para-hydroxylation sites is 4. The maximum Gasteiger partial charge on any atom is 0.137 e. The van der Waals surface area contributed by atoms with Gasteiger partial charge in [-0.15, -0.1) is 0 Å². The van der Waals surface area contributed by atoms with Crippen LogP contribution < -0.4 is 0 Å². The third-order valence-corrected chi connectivity index (χ3v) is 9.80. The lowest BCUT2D eigenvalue weighted by atomic mass is 9.99. The summed E-state index contributed by atoms with van der Waals surface area (Å²) >= 11 is 0. The Morgan fingerprint density at radius 3 is 1.41 bits per heavy atom. The zero-order valence-electron chi connectivity index (χ0n) is 26.1. The van der Waals surface area contributed by atoms with Crippen LogP contribution in [0, 0.1) is 22.7 Å². The van der Waals surface area contributed by atoms with E-state index in [2.05, 4.69) is 75.9 Å². The zero-order valence-corrected chi connectivity index (χ0v) is 26.1. The Morgan fingerprint density at radius 1 is 0.388 bits per heavy atom. The van der Waals surface area contributed by atoms with E-state index < -0.39 is 0 Å². The first-order valence-electron chi connectivity index (χ1n) is 16.1. The number of nitrogens with zero attached hydrogens (tertiary/aromatic N) is 4. The first-order valence-corrected chi connectivity index (χ1v) is 16.1. The minimum Gasteiger partial charge on any atom is -0.456 e. The normalized spacial score (nSPS) is 11.6. The van der Waals surface area contributed by atoms with E-state index in [9.17, 15) is 10.5 Å². The van der Waals surface area contributed by atoms with Crippen LogP contribution in [0.25, 0.3) is 88.1 Å². The number of benzene rings is 7. The molecular formula is C44H24N4O. The van der Waals surface area contributed by atoms with Crippen LogP contribution in [0.5, 0.6) is 0 Å². The van der Waals surface area contributed by atoms with Crippen molar-refractivity contribution >= 4 is 65.6 Å². The molecule has 0 bridgehead atoms. The number of fused-ring (bicyclic) bond motifs is 9. The van der Waals surface area contributed by atoms with E-state index in [1.54, 1.807) is 0 Å². The van der Waals surface area contributed by atoms with Crippen molar-refractivity contribution in [2.75, 3.05) is 0 Å². The topological polar surface area (TPSA) is 70.6 Å². The highest BCUT2D eigenvalue weighted by atomic mass is 16.3. The van der Waals surface area contributed by atoms with Crippen LogP contribution in [0.1, 0.15) is 11.1 Å². The lowest BCUT2D eigenvalue weighted by Gasteiger charge is -2.14. The van der Waals surface area contributed by atoms with Crippen molar-refractivity contribution in [2.45, 2.75) is 0 Å². The summed E-state index contributed by atoms with van der Waals surface area (Å²) in [5.41, 5.74) is 10.2. The summed E-state index contributed by atoms with van der Waals surface area (Å²) < 4.78 is 10.6. The predicted octanol–water partition coefficient (Wildman–Crippen LogP) is 11.2. The van der Waals surface area contributed by atoms with E-state index in [-0.39, 0.29) is 0 Å². The van der Waals surface area contributed by atoms with Gasteiger partial charge in [0.1, 0.15) is 23.3 Å². The van der Waals surface area contributed by atoms with E-state index in [0.29, 0.717) is 11.1 Å². The SMILES string of the molecule is N#Cc1cc(-c2ccc(-n3c4ccccc4c4cc5c(cc43)oc3ccccc35)c(C#N)c2)ccc1-n1c2ccccc2c2ccccc21. The minimum absolute atomic E-state index is 0.537. The summed E-state index contributed by atoms with van der Waals surface area (Å²) in [6, 6.07) is 54.1. The third kappa shape index (κ3) is 3.85. The highest BCUT2D eigenvalue weighted by molar-refractivity contribution is 6.17. The van der Waals surface area contributed by atoms with Crippen LogP contribution in [0.4, 0.5) is 0 Å². The fourth-order valence-electron chi connectivity index (χ4n) is 7.63. The average Bonchev–Trinajstić information content (AvgIpc) is 3.80. The Balaban J connectivity index is 1.14. The molecule has 10 rings (SSSR count). The molecule has 3 aromatic heterocycles. The lowest BCUT2D eigenvalue weighted by molar-refractivity contribution is 0.669. The number of nitriles is 2. The fourth-order valence-corrected chi connectivity index (χ4v) is 7.63. The third-order valence-electron chi connectivity index (χ3n) is 9.80. The zero-order chi connectivity index (χ0) is 32.6. The molecule has 0 atom stereocenters. The minimum atomic E-state index is 0.537. The van der Waals surface area contributed by atoms with Crippen LogP contribution >= 0.6 is 0 Å². The van der Waals surface area contributed by atoms with Crippen LogP contribution in [-0.2, 0) is 0 Å². The number of aromatic nitrogens is 2. The van der Waals surface area contributed by atoms with Gasteiger partial charge in [0, 0.05) is 38.4 Å². The molecule has 226 valence electrons. The molecule has 0 saturated heterocycles. The predicted molar refractivity (Wildman–Crippen MR) is 197 cm³/mol. The summed E-state index contributed by atoms with van der Waals surface area (Å²) in [6.45, 7) is 0. The van der Waals surface area contributed by atoms with Crippen LogP contribution in [0.2, 0.25) is 0 Å². The average molecular weight is 625 g/mol. The molecule has 0 fully saturated rings. The Hall–Kier alpha value is -7.08. The van der Waals surface area contributed by atoms with Gasteiger partial charge in [0.05, 0.1) is 44.6 Å². The van der Waals surface area contributed by atoms with Gasteiger partial charge in [-0.05, 0) is 65.7 Å². The molecule has 5 heteroatoms. The molecule has 0 N–H and O–H groups in total. The van der Waals surface area contributed by atoms with E-state index in [1.807, 2.05) is 91.0 Å². The van der Waals surface area contributed by atoms with E-state index in [0.717, 1.165) is 88.1 Å². The second-order valence-electron chi connectivity index (χ2n) is 12.4. The molecule has 0 aliphatic carbocycles. The van der Waals surface area contributed by atoms with Crippen molar-refractivity contribution < 1.29 is 4.42 Å². The molecule has 0 radical (unpaired) electrons. The summed E-state index contributed by atoms with van der Waals surface area (Å²) in [5.74, 6) is 0. The maximum absolute atomic E-state index is 10.5. The van der Waals surface area contributed by atoms with Crippen LogP contribution in [0.3, 0.4) is 0 Å². The van der Waals surface area contributed by atoms with Crippen molar-refractivity contribution in [1.29, 1.82) is 10.5 Å². The standard InChI is InChI=1S/C44H24N4O/c45-25-29-21-27(17-19-37(29)47-39-13-5-1-9-31(39)32-10-2-6-14-40(32)47)28-18-20-38(30(22-28)26-46)48-41-15-7-3-11-33(41)35-23-36-34-12-4-8-16-43(34)49-44(36)24-42(35)48/h1-24H. The summed E-state index contributed by atoms with van der Waals surface area (Å²) in [6.07, 6.45) is 0. The fraction of sp³-hybridized carbons (Fsp3) is 0. The van der Waals surface area contributed by atoms with Crippen molar-refractivity contribution in [1.82, 2.24) is 9.13 Å². The molecule has 10 aromatic rings. The monoisotopic (exact) mass is 624 g/mol. The van der Waals surface area contributed by atoms with Gasteiger partial charge >= 0.3 is 0 Å². The van der Waals surface area contributed by atoms with E-state index in [1.165, 1.54) is 0 Å². The Kier molecular flexibility index (Phi) is 5.64.